The number of benzene rings is 1. The van der Waals surface area contributed by atoms with Crippen molar-refractivity contribution < 1.29 is 38.4 Å². The Morgan fingerprint density at radius 2 is 1.78 bits per heavy atom. The minimum atomic E-state index is -1.32. The van der Waals surface area contributed by atoms with Gasteiger partial charge in [0.05, 0.1) is 24.1 Å². The van der Waals surface area contributed by atoms with Crippen LogP contribution < -0.4 is 16.0 Å². The number of amides is 4. The minimum Gasteiger partial charge on any atom is -0.467 e. The summed E-state index contributed by atoms with van der Waals surface area (Å²) in [4.78, 5) is 78.1. The van der Waals surface area contributed by atoms with Gasteiger partial charge in [0.1, 0.15) is 23.7 Å². The lowest BCUT2D eigenvalue weighted by Crippen LogP contribution is -2.60. The van der Waals surface area contributed by atoms with Crippen LogP contribution in [0.15, 0.2) is 36.9 Å². The summed E-state index contributed by atoms with van der Waals surface area (Å²) in [5, 5.41) is 19.5. The van der Waals surface area contributed by atoms with E-state index in [1.165, 1.54) is 36.3 Å². The Bertz CT molecular complexity index is 1350. The van der Waals surface area contributed by atoms with Gasteiger partial charge in [-0.2, -0.15) is 0 Å². The number of ether oxygens (including phenoxy) is 2. The fourth-order valence-electron chi connectivity index (χ4n) is 6.04. The standard InChI is InChI=1S/C31H41N5O9/c1-6-19-16-31(19,28(40)44-5)34-25(37)23-15-22(45-27(39)18-11-13-21(14-12-18)36(42)43)17-35(23)26(38)24(30(2,3)4)33-29(41)32-20-9-7-8-10-20/h6,11-14,19-20,22-24H,1,7-10,15-17H2,2-5H3,(H,34,37)(H2,32,33,41)/t19?,22?,23-,24?,31+/m0/s1. The van der Waals surface area contributed by atoms with Crippen LogP contribution in [0.5, 0.6) is 0 Å². The van der Waals surface area contributed by atoms with Crippen molar-refractivity contribution in [2.75, 3.05) is 13.7 Å². The molecule has 3 aliphatic rings. The maximum Gasteiger partial charge on any atom is 0.338 e. The van der Waals surface area contributed by atoms with Gasteiger partial charge in [-0.1, -0.05) is 39.7 Å². The van der Waals surface area contributed by atoms with Crippen molar-refractivity contribution in [3.8, 4) is 0 Å². The van der Waals surface area contributed by atoms with E-state index < -0.39 is 63.8 Å². The number of carbonyl (C=O) groups excluding carboxylic acids is 5. The summed E-state index contributed by atoms with van der Waals surface area (Å²) in [5.41, 5.74) is -2.23. The summed E-state index contributed by atoms with van der Waals surface area (Å²) in [5.74, 6) is -2.99. The lowest BCUT2D eigenvalue weighted by molar-refractivity contribution is -0.384. The molecule has 45 heavy (non-hydrogen) atoms. The molecule has 2 saturated carbocycles. The van der Waals surface area contributed by atoms with Gasteiger partial charge in [0.25, 0.3) is 5.69 Å². The molecule has 0 bridgehead atoms. The first-order valence-electron chi connectivity index (χ1n) is 15.1. The number of hydrogen-bond donors (Lipinski definition) is 3. The van der Waals surface area contributed by atoms with E-state index >= 15 is 0 Å². The SMILES string of the molecule is C=CC1C[C@]1(NC(=O)[C@@H]1CC(OC(=O)c2ccc([N+](=O)[O-])cc2)CN1C(=O)C(NC(=O)NC1CCCC1)C(C)(C)C)C(=O)OC. The predicted octanol–water partition coefficient (Wildman–Crippen LogP) is 2.61. The second-order valence-corrected chi connectivity index (χ2v) is 13.0. The summed E-state index contributed by atoms with van der Waals surface area (Å²) in [6.45, 7) is 8.92. The van der Waals surface area contributed by atoms with Crippen molar-refractivity contribution in [2.24, 2.45) is 11.3 Å². The lowest BCUT2D eigenvalue weighted by Gasteiger charge is -2.35. The highest BCUT2D eigenvalue weighted by atomic mass is 16.6. The van der Waals surface area contributed by atoms with Crippen LogP contribution in [0, 0.1) is 21.4 Å². The Hall–Kier alpha value is -4.49. The molecule has 1 aliphatic heterocycles. The predicted molar refractivity (Wildman–Crippen MR) is 161 cm³/mol. The van der Waals surface area contributed by atoms with Crippen LogP contribution in [-0.4, -0.2) is 83.0 Å². The van der Waals surface area contributed by atoms with Crippen LogP contribution in [0.3, 0.4) is 0 Å². The molecule has 1 saturated heterocycles. The zero-order chi connectivity index (χ0) is 33.1. The monoisotopic (exact) mass is 627 g/mol. The molecule has 3 unspecified atom stereocenters. The molecule has 14 nitrogen and oxygen atoms in total. The summed E-state index contributed by atoms with van der Waals surface area (Å²) < 4.78 is 10.6. The summed E-state index contributed by atoms with van der Waals surface area (Å²) in [7, 11) is 1.21. The molecule has 0 spiro atoms. The highest BCUT2D eigenvalue weighted by molar-refractivity contribution is 5.97. The number of nitrogens with zero attached hydrogens (tertiary/aromatic N) is 2. The van der Waals surface area contributed by atoms with Crippen LogP contribution >= 0.6 is 0 Å². The first-order chi connectivity index (χ1) is 21.2. The third kappa shape index (κ3) is 7.43. The van der Waals surface area contributed by atoms with E-state index in [9.17, 15) is 34.1 Å². The van der Waals surface area contributed by atoms with Crippen molar-refractivity contribution in [3.63, 3.8) is 0 Å². The number of esters is 2. The van der Waals surface area contributed by atoms with Crippen LogP contribution in [0.1, 0.15) is 69.7 Å². The first kappa shape index (κ1) is 33.4. The highest BCUT2D eigenvalue weighted by Crippen LogP contribution is 2.45. The van der Waals surface area contributed by atoms with E-state index in [2.05, 4.69) is 22.5 Å². The Kier molecular flexibility index (Phi) is 9.83. The smallest absolute Gasteiger partial charge is 0.338 e. The van der Waals surface area contributed by atoms with E-state index in [0.29, 0.717) is 0 Å². The number of nitro groups is 1. The van der Waals surface area contributed by atoms with Gasteiger partial charge >= 0.3 is 18.0 Å². The zero-order valence-electron chi connectivity index (χ0n) is 26.0. The Morgan fingerprint density at radius 3 is 2.31 bits per heavy atom. The number of carbonyl (C=O) groups is 5. The minimum absolute atomic E-state index is 0.0140. The van der Waals surface area contributed by atoms with Gasteiger partial charge in [-0.25, -0.2) is 14.4 Å². The molecule has 1 aromatic rings. The van der Waals surface area contributed by atoms with Gasteiger partial charge < -0.3 is 30.3 Å². The third-order valence-electron chi connectivity index (χ3n) is 8.71. The average Bonchev–Trinajstić information content (AvgIpc) is 3.27. The molecule has 244 valence electrons. The largest absolute Gasteiger partial charge is 0.467 e. The normalized spacial score (nSPS) is 25.1. The number of hydrogen-bond acceptors (Lipinski definition) is 9. The first-order valence-corrected chi connectivity index (χ1v) is 15.1. The van der Waals surface area contributed by atoms with Crippen molar-refractivity contribution in [1.82, 2.24) is 20.9 Å². The van der Waals surface area contributed by atoms with Crippen molar-refractivity contribution >= 4 is 35.5 Å². The average molecular weight is 628 g/mol. The van der Waals surface area contributed by atoms with E-state index in [-0.39, 0.29) is 42.6 Å². The van der Waals surface area contributed by atoms with Gasteiger partial charge in [-0.05, 0) is 36.8 Å². The number of non-ortho nitro benzene ring substituents is 1. The van der Waals surface area contributed by atoms with Gasteiger partial charge in [-0.15, -0.1) is 6.58 Å². The van der Waals surface area contributed by atoms with Crippen LogP contribution in [0.2, 0.25) is 0 Å². The topological polar surface area (TPSA) is 186 Å². The Labute approximate surface area is 261 Å². The Morgan fingerprint density at radius 1 is 1.13 bits per heavy atom. The molecule has 3 fully saturated rings. The molecule has 4 amide bonds. The van der Waals surface area contributed by atoms with Crippen LogP contribution in [-0.2, 0) is 23.9 Å². The zero-order valence-corrected chi connectivity index (χ0v) is 26.0. The number of nitrogens with one attached hydrogen (secondary N) is 3. The van der Waals surface area contributed by atoms with Gasteiger partial charge in [0.15, 0.2) is 0 Å². The number of methoxy groups -OCH3 is 1. The highest BCUT2D eigenvalue weighted by Gasteiger charge is 2.62. The second kappa shape index (κ2) is 13.2. The summed E-state index contributed by atoms with van der Waals surface area (Å²) in [6.07, 6.45) is 4.54. The number of nitro benzene ring substituents is 1. The fourth-order valence-corrected chi connectivity index (χ4v) is 6.04. The molecular weight excluding hydrogens is 586 g/mol. The van der Waals surface area contributed by atoms with Gasteiger partial charge in [0, 0.05) is 30.5 Å². The van der Waals surface area contributed by atoms with E-state index in [0.717, 1.165) is 25.7 Å². The maximum absolute atomic E-state index is 14.2. The van der Waals surface area contributed by atoms with E-state index in [1.54, 1.807) is 26.8 Å². The fraction of sp³-hybridized carbons (Fsp3) is 0.581. The number of urea groups is 1. The van der Waals surface area contributed by atoms with Crippen LogP contribution in [0.4, 0.5) is 10.5 Å². The third-order valence-corrected chi connectivity index (χ3v) is 8.71. The molecule has 1 aromatic carbocycles. The summed E-state index contributed by atoms with van der Waals surface area (Å²) >= 11 is 0. The summed E-state index contributed by atoms with van der Waals surface area (Å²) in [6, 6.07) is 2.19. The Balaban J connectivity index is 1.57. The molecule has 2 aliphatic carbocycles. The molecule has 4 rings (SSSR count). The quantitative estimate of drug-likeness (QED) is 0.152. The van der Waals surface area contributed by atoms with Crippen molar-refractivity contribution in [1.29, 1.82) is 0 Å². The number of rotatable bonds is 10. The second-order valence-electron chi connectivity index (χ2n) is 13.0. The van der Waals surface area contributed by atoms with Crippen molar-refractivity contribution in [2.45, 2.75) is 89.1 Å². The van der Waals surface area contributed by atoms with E-state index in [4.69, 9.17) is 9.47 Å². The molecular formula is C31H41N5O9. The van der Waals surface area contributed by atoms with Crippen molar-refractivity contribution in [3.05, 3.63) is 52.6 Å². The van der Waals surface area contributed by atoms with Gasteiger partial charge in [-0.3, -0.25) is 19.7 Å². The molecule has 0 aromatic heterocycles. The lowest BCUT2D eigenvalue weighted by atomic mass is 9.85. The van der Waals surface area contributed by atoms with E-state index in [1.807, 2.05) is 0 Å². The maximum atomic E-state index is 14.2. The van der Waals surface area contributed by atoms with Crippen LogP contribution in [0.25, 0.3) is 0 Å². The van der Waals surface area contributed by atoms with Gasteiger partial charge in [0.2, 0.25) is 11.8 Å². The molecule has 14 heteroatoms. The molecule has 1 heterocycles. The number of likely N-dealkylation sites (tertiary alicyclic amines) is 1. The molecule has 3 N–H and O–H groups in total. The molecule has 5 atom stereocenters. The molecule has 0 radical (unpaired) electrons.